The summed E-state index contributed by atoms with van der Waals surface area (Å²) in [5, 5.41) is 7.31. The molecule has 0 saturated carbocycles. The molecule has 0 N–H and O–H groups in total. The zero-order valence-corrected chi connectivity index (χ0v) is 39.0. The van der Waals surface area contributed by atoms with Crippen LogP contribution in [0.4, 0.5) is 5.69 Å². The third-order valence-corrected chi connectivity index (χ3v) is 9.78. The van der Waals surface area contributed by atoms with Crippen molar-refractivity contribution in [3.8, 4) is 11.3 Å². The number of hydrogen-bond acceptors (Lipinski definition) is 1. The van der Waals surface area contributed by atoms with Crippen LogP contribution in [0.2, 0.25) is 0 Å². The van der Waals surface area contributed by atoms with Crippen LogP contribution in [0.15, 0.2) is 224 Å². The van der Waals surface area contributed by atoms with Crippen LogP contribution in [0.1, 0.15) is 50.2 Å². The standard InChI is InChI=1S/C25H23N2.C19H15.2C7H7.Hf/c1-17-14-18(2)25(19(3)15-17)26-16-21-10-7-13-24(27-21)23-12-6-9-20-8-4-5-11-22(20)23;1-4-10-16(11-5-1)19(17-12-6-2-7-13-17)18-14-8-3-9-15-18;2*1-7-5-3-2-4-6-7;/h4-15H,16H2,1-3H3;1-15H;2*2-6H,1H2;/q4*-1;+4. The van der Waals surface area contributed by atoms with Crippen molar-refractivity contribution in [3.05, 3.63) is 300 Å². The van der Waals surface area contributed by atoms with Gasteiger partial charge in [-0.25, -0.2) is 0 Å². The SMILES string of the molecule is Cc1cc(C)c([N-]Cc2cccc(-c3cccc4ccccc34)n2)c(C)c1.[CH2-]c1ccccc1.[CH2-]c1ccccc1.[Hf+4].c1ccc([C-](c2ccccc2)c2ccccc2)cc1. The Morgan fingerprint density at radius 1 is 0.459 bits per heavy atom. The Labute approximate surface area is 383 Å². The summed E-state index contributed by atoms with van der Waals surface area (Å²) in [6, 6.07) is 76.8. The molecule has 0 unspecified atom stereocenters. The molecule has 0 spiro atoms. The predicted molar refractivity (Wildman–Crippen MR) is 256 cm³/mol. The summed E-state index contributed by atoms with van der Waals surface area (Å²) in [5.74, 6) is 1.28. The summed E-state index contributed by atoms with van der Waals surface area (Å²) in [6.07, 6.45) is 0. The minimum absolute atomic E-state index is 0. The van der Waals surface area contributed by atoms with Crippen LogP contribution in [0, 0.1) is 40.5 Å². The van der Waals surface area contributed by atoms with Gasteiger partial charge < -0.3 is 5.32 Å². The molecule has 61 heavy (non-hydrogen) atoms. The summed E-state index contributed by atoms with van der Waals surface area (Å²) < 4.78 is 0. The van der Waals surface area contributed by atoms with Crippen molar-refractivity contribution in [1.29, 1.82) is 0 Å². The average molecular weight is 956 g/mol. The van der Waals surface area contributed by atoms with E-state index in [1.54, 1.807) is 0 Å². The molecule has 0 fully saturated rings. The van der Waals surface area contributed by atoms with Gasteiger partial charge in [0.05, 0.1) is 5.69 Å². The summed E-state index contributed by atoms with van der Waals surface area (Å²) >= 11 is 0. The molecule has 0 aliphatic carbocycles. The van der Waals surface area contributed by atoms with Crippen molar-refractivity contribution < 1.29 is 25.8 Å². The Hall–Kier alpha value is -6.55. The summed E-state index contributed by atoms with van der Waals surface area (Å²) in [6.45, 7) is 14.4. The second-order valence-electron chi connectivity index (χ2n) is 14.5. The van der Waals surface area contributed by atoms with Crippen molar-refractivity contribution in [2.75, 3.05) is 0 Å². The topological polar surface area (TPSA) is 27.0 Å². The molecule has 0 bridgehead atoms. The zero-order valence-electron chi connectivity index (χ0n) is 35.4. The third-order valence-electron chi connectivity index (χ3n) is 9.78. The van der Waals surface area contributed by atoms with Crippen LogP contribution in [0.5, 0.6) is 0 Å². The van der Waals surface area contributed by atoms with E-state index in [9.17, 15) is 0 Å². The minimum Gasteiger partial charge on any atom is -0.679 e. The summed E-state index contributed by atoms with van der Waals surface area (Å²) in [5.41, 5.74) is 13.8. The van der Waals surface area contributed by atoms with Gasteiger partial charge in [-0.15, -0.1) is 30.0 Å². The summed E-state index contributed by atoms with van der Waals surface area (Å²) in [7, 11) is 0. The zero-order chi connectivity index (χ0) is 41.9. The Balaban J connectivity index is 0.000000178. The maximum absolute atomic E-state index is 4.89. The van der Waals surface area contributed by atoms with Crippen molar-refractivity contribution in [3.63, 3.8) is 0 Å². The molecule has 0 saturated heterocycles. The Kier molecular flexibility index (Phi) is 17.8. The van der Waals surface area contributed by atoms with E-state index in [2.05, 4.69) is 198 Å². The molecule has 0 amide bonds. The third kappa shape index (κ3) is 13.7. The second-order valence-corrected chi connectivity index (χ2v) is 14.5. The van der Waals surface area contributed by atoms with E-state index in [-0.39, 0.29) is 25.8 Å². The number of fused-ring (bicyclic) bond motifs is 1. The molecule has 0 aliphatic rings. The van der Waals surface area contributed by atoms with Crippen LogP contribution in [0.3, 0.4) is 0 Å². The molecule has 0 aliphatic heterocycles. The van der Waals surface area contributed by atoms with E-state index in [1.807, 2.05) is 60.7 Å². The number of benzene rings is 8. The first-order chi connectivity index (χ1) is 29.4. The van der Waals surface area contributed by atoms with E-state index >= 15 is 0 Å². The van der Waals surface area contributed by atoms with Crippen LogP contribution in [-0.2, 0) is 32.4 Å². The summed E-state index contributed by atoms with van der Waals surface area (Å²) in [4.78, 5) is 4.89. The molecule has 0 atom stereocenters. The largest absolute Gasteiger partial charge is 4.00 e. The van der Waals surface area contributed by atoms with Crippen LogP contribution in [0.25, 0.3) is 27.3 Å². The molecule has 1 aromatic heterocycles. The molecule has 9 aromatic rings. The fraction of sp³-hybridized carbons (Fsp3) is 0.0690. The van der Waals surface area contributed by atoms with Gasteiger partial charge >= 0.3 is 25.8 Å². The average Bonchev–Trinajstić information content (AvgIpc) is 3.28. The van der Waals surface area contributed by atoms with Crippen molar-refractivity contribution in [1.82, 2.24) is 4.98 Å². The Morgan fingerprint density at radius 2 is 0.869 bits per heavy atom. The first-order valence-corrected chi connectivity index (χ1v) is 20.3. The Morgan fingerprint density at radius 3 is 1.33 bits per heavy atom. The maximum Gasteiger partial charge on any atom is 4.00 e. The van der Waals surface area contributed by atoms with Crippen molar-refractivity contribution in [2.45, 2.75) is 27.3 Å². The molecule has 9 rings (SSSR count). The molecular weight excluding hydrogens is 903 g/mol. The van der Waals surface area contributed by atoms with Crippen molar-refractivity contribution in [2.24, 2.45) is 0 Å². The van der Waals surface area contributed by atoms with Gasteiger partial charge in [-0.2, -0.15) is 49.2 Å². The van der Waals surface area contributed by atoms with Gasteiger partial charge in [0.25, 0.3) is 0 Å². The molecule has 1 heterocycles. The monoisotopic (exact) mass is 956 g/mol. The number of hydrogen-bond donors (Lipinski definition) is 0. The number of pyridine rings is 1. The number of aryl methyl sites for hydroxylation is 3. The van der Waals surface area contributed by atoms with Crippen LogP contribution >= 0.6 is 0 Å². The number of nitrogens with zero attached hydrogens (tertiary/aromatic N) is 2. The normalized spacial score (nSPS) is 9.95. The van der Waals surface area contributed by atoms with Crippen LogP contribution in [-0.4, -0.2) is 4.98 Å². The molecular formula is C58H52HfN2. The second kappa shape index (κ2) is 23.9. The van der Waals surface area contributed by atoms with Gasteiger partial charge in [0.1, 0.15) is 0 Å². The molecule has 298 valence electrons. The van der Waals surface area contributed by atoms with Gasteiger partial charge in [0.2, 0.25) is 0 Å². The molecule has 2 nitrogen and oxygen atoms in total. The van der Waals surface area contributed by atoms with Gasteiger partial charge in [-0.3, -0.25) is 4.98 Å². The van der Waals surface area contributed by atoms with Gasteiger partial charge in [-0.1, -0.05) is 210 Å². The fourth-order valence-corrected chi connectivity index (χ4v) is 7.02. The molecule has 3 heteroatoms. The van der Waals surface area contributed by atoms with E-state index < -0.39 is 0 Å². The van der Waals surface area contributed by atoms with Crippen LogP contribution < -0.4 is 0 Å². The van der Waals surface area contributed by atoms with E-state index in [1.165, 1.54) is 50.1 Å². The number of rotatable bonds is 7. The Bertz CT molecular complexity index is 2470. The quantitative estimate of drug-likeness (QED) is 0.0888. The first-order valence-electron chi connectivity index (χ1n) is 20.3. The van der Waals surface area contributed by atoms with Gasteiger partial charge in [-0.05, 0) is 43.7 Å². The fourth-order valence-electron chi connectivity index (χ4n) is 7.02. The van der Waals surface area contributed by atoms with Crippen molar-refractivity contribution >= 4 is 16.5 Å². The molecule has 8 aromatic carbocycles. The first kappa shape index (κ1) is 45.5. The van der Waals surface area contributed by atoms with E-state index in [0.29, 0.717) is 6.54 Å². The maximum atomic E-state index is 4.89. The predicted octanol–water partition coefficient (Wildman–Crippen LogP) is 15.5. The van der Waals surface area contributed by atoms with Gasteiger partial charge in [0.15, 0.2) is 0 Å². The van der Waals surface area contributed by atoms with Gasteiger partial charge in [0, 0.05) is 11.3 Å². The van der Waals surface area contributed by atoms with E-state index in [4.69, 9.17) is 10.3 Å². The van der Waals surface area contributed by atoms with E-state index in [0.717, 1.165) is 33.8 Å². The number of aromatic nitrogens is 1. The minimum atomic E-state index is 0. The molecule has 0 radical (unpaired) electrons. The smallest absolute Gasteiger partial charge is 0.679 e.